The summed E-state index contributed by atoms with van der Waals surface area (Å²) in [6.45, 7) is 2.60. The van der Waals surface area contributed by atoms with E-state index < -0.39 is 0 Å². The van der Waals surface area contributed by atoms with Gasteiger partial charge in [-0.2, -0.15) is 5.26 Å². The van der Waals surface area contributed by atoms with E-state index in [2.05, 4.69) is 23.2 Å². The minimum absolute atomic E-state index is 0.680. The summed E-state index contributed by atoms with van der Waals surface area (Å²) in [5.41, 5.74) is 2.64. The van der Waals surface area contributed by atoms with E-state index in [9.17, 15) is 0 Å². The summed E-state index contributed by atoms with van der Waals surface area (Å²) in [5.74, 6) is 5.99. The van der Waals surface area contributed by atoms with E-state index in [4.69, 9.17) is 5.26 Å². The summed E-state index contributed by atoms with van der Waals surface area (Å²) in [4.78, 5) is 0. The molecule has 0 bridgehead atoms. The highest BCUT2D eigenvalue weighted by atomic mass is 14.8. The van der Waals surface area contributed by atoms with Gasteiger partial charge in [-0.25, -0.2) is 0 Å². The normalized spacial score (nSPS) is 8.64. The van der Waals surface area contributed by atoms with Gasteiger partial charge in [-0.15, -0.1) is 0 Å². The molecule has 1 aromatic rings. The van der Waals surface area contributed by atoms with Gasteiger partial charge in [0.2, 0.25) is 0 Å². The van der Waals surface area contributed by atoms with Gasteiger partial charge in [0, 0.05) is 5.56 Å². The molecule has 0 saturated carbocycles. The number of nitrogens with one attached hydrogen (secondary N) is 1. The van der Waals surface area contributed by atoms with Gasteiger partial charge in [0.15, 0.2) is 0 Å². The average Bonchev–Trinajstić information content (AvgIpc) is 2.18. The van der Waals surface area contributed by atoms with Crippen LogP contribution in [0.4, 0.5) is 0 Å². The molecule has 0 aliphatic rings. The third-order valence-corrected chi connectivity index (χ3v) is 1.84. The second-order valence-electron chi connectivity index (χ2n) is 2.97. The molecule has 0 heterocycles. The first-order chi connectivity index (χ1) is 6.77. The lowest BCUT2D eigenvalue weighted by atomic mass is 10.1. The fourth-order valence-corrected chi connectivity index (χ4v) is 1.10. The van der Waals surface area contributed by atoms with Crippen LogP contribution in [0.25, 0.3) is 0 Å². The van der Waals surface area contributed by atoms with Crippen molar-refractivity contribution in [2.24, 2.45) is 0 Å². The maximum Gasteiger partial charge on any atom is 0.0994 e. The van der Waals surface area contributed by atoms with Crippen molar-refractivity contribution in [2.75, 3.05) is 13.6 Å². The van der Waals surface area contributed by atoms with Gasteiger partial charge in [0.1, 0.15) is 0 Å². The molecule has 1 rings (SSSR count). The summed E-state index contributed by atoms with van der Waals surface area (Å²) < 4.78 is 0. The van der Waals surface area contributed by atoms with Gasteiger partial charge in [-0.1, -0.05) is 11.8 Å². The zero-order valence-electron chi connectivity index (χ0n) is 8.39. The number of rotatable bonds is 1. The Hall–Kier alpha value is -1.77. The quantitative estimate of drug-likeness (QED) is 0.670. The van der Waals surface area contributed by atoms with Gasteiger partial charge in [0.05, 0.1) is 18.2 Å². The molecule has 0 spiro atoms. The molecule has 0 unspecified atom stereocenters. The minimum atomic E-state index is 0.680. The number of benzene rings is 1. The maximum absolute atomic E-state index is 8.73. The molecular weight excluding hydrogens is 172 g/mol. The lowest BCUT2D eigenvalue weighted by molar-refractivity contribution is 0.938. The largest absolute Gasteiger partial charge is 0.309 e. The van der Waals surface area contributed by atoms with Crippen LogP contribution in [0.3, 0.4) is 0 Å². The molecule has 1 aromatic carbocycles. The molecule has 0 amide bonds. The third-order valence-electron chi connectivity index (χ3n) is 1.84. The van der Waals surface area contributed by atoms with Crippen molar-refractivity contribution in [3.8, 4) is 17.9 Å². The fraction of sp³-hybridized carbons (Fsp3) is 0.250. The van der Waals surface area contributed by atoms with Crippen LogP contribution in [-0.4, -0.2) is 13.6 Å². The molecule has 2 nitrogen and oxygen atoms in total. The topological polar surface area (TPSA) is 35.8 Å². The van der Waals surface area contributed by atoms with E-state index in [1.165, 1.54) is 0 Å². The van der Waals surface area contributed by atoms with Crippen LogP contribution in [0.5, 0.6) is 0 Å². The van der Waals surface area contributed by atoms with Crippen LogP contribution in [0.2, 0.25) is 0 Å². The zero-order chi connectivity index (χ0) is 10.4. The Kier molecular flexibility index (Phi) is 3.73. The molecular formula is C12H12N2. The molecule has 0 saturated heterocycles. The molecule has 0 fully saturated rings. The Morgan fingerprint density at radius 1 is 1.43 bits per heavy atom. The van der Waals surface area contributed by atoms with Gasteiger partial charge in [-0.3, -0.25) is 0 Å². The molecule has 0 aliphatic heterocycles. The standard InChI is InChI=1S/C12H12N2/c1-10-8-11(4-3-7-14-2)5-6-12(10)9-13/h5-6,8,14H,7H2,1-2H3. The average molecular weight is 184 g/mol. The van der Waals surface area contributed by atoms with Crippen molar-refractivity contribution in [3.05, 3.63) is 34.9 Å². The Labute approximate surface area is 84.6 Å². The Bertz CT molecular complexity index is 416. The van der Waals surface area contributed by atoms with Gasteiger partial charge in [-0.05, 0) is 37.7 Å². The summed E-state index contributed by atoms with van der Waals surface area (Å²) in [6.07, 6.45) is 0. The summed E-state index contributed by atoms with van der Waals surface area (Å²) in [5, 5.41) is 11.7. The second-order valence-corrected chi connectivity index (χ2v) is 2.97. The number of hydrogen-bond acceptors (Lipinski definition) is 2. The van der Waals surface area contributed by atoms with Crippen LogP contribution in [-0.2, 0) is 0 Å². The number of aryl methyl sites for hydroxylation is 1. The van der Waals surface area contributed by atoms with Crippen molar-refractivity contribution in [1.29, 1.82) is 5.26 Å². The smallest absolute Gasteiger partial charge is 0.0994 e. The lowest BCUT2D eigenvalue weighted by Crippen LogP contribution is -2.04. The number of nitriles is 1. The van der Waals surface area contributed by atoms with Crippen LogP contribution >= 0.6 is 0 Å². The first-order valence-electron chi connectivity index (χ1n) is 4.42. The van der Waals surface area contributed by atoms with Crippen molar-refractivity contribution in [2.45, 2.75) is 6.92 Å². The van der Waals surface area contributed by atoms with Crippen LogP contribution in [0.15, 0.2) is 18.2 Å². The highest BCUT2D eigenvalue weighted by Crippen LogP contribution is 2.08. The Morgan fingerprint density at radius 3 is 2.79 bits per heavy atom. The molecule has 70 valence electrons. The van der Waals surface area contributed by atoms with Gasteiger partial charge < -0.3 is 5.32 Å². The first kappa shape index (κ1) is 10.3. The molecule has 1 N–H and O–H groups in total. The Balaban J connectivity index is 2.89. The summed E-state index contributed by atoms with van der Waals surface area (Å²) in [7, 11) is 1.86. The zero-order valence-corrected chi connectivity index (χ0v) is 8.39. The Morgan fingerprint density at radius 2 is 2.21 bits per heavy atom. The number of hydrogen-bond donors (Lipinski definition) is 1. The molecule has 14 heavy (non-hydrogen) atoms. The van der Waals surface area contributed by atoms with E-state index in [-0.39, 0.29) is 0 Å². The second kappa shape index (κ2) is 5.07. The van der Waals surface area contributed by atoms with Crippen LogP contribution < -0.4 is 5.32 Å². The molecule has 0 atom stereocenters. The van der Waals surface area contributed by atoms with Crippen molar-refractivity contribution in [1.82, 2.24) is 5.32 Å². The first-order valence-corrected chi connectivity index (χ1v) is 4.42. The molecule has 0 aromatic heterocycles. The van der Waals surface area contributed by atoms with E-state index in [1.54, 1.807) is 6.07 Å². The molecule has 0 aliphatic carbocycles. The van der Waals surface area contributed by atoms with E-state index >= 15 is 0 Å². The van der Waals surface area contributed by atoms with E-state index in [0.29, 0.717) is 12.1 Å². The highest BCUT2D eigenvalue weighted by molar-refractivity contribution is 5.45. The molecule has 2 heteroatoms. The third kappa shape index (κ3) is 2.62. The summed E-state index contributed by atoms with van der Waals surface area (Å²) in [6, 6.07) is 7.73. The van der Waals surface area contributed by atoms with Crippen molar-refractivity contribution in [3.63, 3.8) is 0 Å². The fourth-order valence-electron chi connectivity index (χ4n) is 1.10. The summed E-state index contributed by atoms with van der Waals surface area (Å²) >= 11 is 0. The van der Waals surface area contributed by atoms with Gasteiger partial charge >= 0.3 is 0 Å². The SMILES string of the molecule is CNCC#Cc1ccc(C#N)c(C)c1. The lowest BCUT2D eigenvalue weighted by Gasteiger charge is -1.96. The van der Waals surface area contributed by atoms with Crippen molar-refractivity contribution < 1.29 is 0 Å². The predicted molar refractivity (Wildman–Crippen MR) is 56.7 cm³/mol. The minimum Gasteiger partial charge on any atom is -0.309 e. The highest BCUT2D eigenvalue weighted by Gasteiger charge is 1.95. The van der Waals surface area contributed by atoms with Crippen LogP contribution in [0, 0.1) is 30.1 Å². The monoisotopic (exact) mass is 184 g/mol. The van der Waals surface area contributed by atoms with E-state index in [0.717, 1.165) is 11.1 Å². The van der Waals surface area contributed by atoms with Crippen LogP contribution in [0.1, 0.15) is 16.7 Å². The van der Waals surface area contributed by atoms with Crippen molar-refractivity contribution >= 4 is 0 Å². The number of nitrogens with zero attached hydrogens (tertiary/aromatic N) is 1. The van der Waals surface area contributed by atoms with E-state index in [1.807, 2.05) is 26.1 Å². The molecule has 0 radical (unpaired) electrons. The van der Waals surface area contributed by atoms with Gasteiger partial charge in [0.25, 0.3) is 0 Å². The predicted octanol–water partition coefficient (Wildman–Crippen LogP) is 1.44. The maximum atomic E-state index is 8.73.